The third-order valence-corrected chi connectivity index (χ3v) is 6.58. The molecule has 0 radical (unpaired) electrons. The number of piperazine rings is 1. The largest absolute Gasteiger partial charge is 0.367 e. The first kappa shape index (κ1) is 18.6. The lowest BCUT2D eigenvalue weighted by Crippen LogP contribution is -2.44. The van der Waals surface area contributed by atoms with Crippen molar-refractivity contribution in [1.82, 2.24) is 20.5 Å². The number of carbonyl (C=O) groups is 1. The highest BCUT2D eigenvalue weighted by molar-refractivity contribution is 5.98. The van der Waals surface area contributed by atoms with Gasteiger partial charge in [0.2, 0.25) is 5.43 Å². The fraction of sp³-hybridized carbons (Fsp3) is 0.524. The number of anilines is 1. The van der Waals surface area contributed by atoms with E-state index in [0.717, 1.165) is 39.3 Å². The lowest BCUT2D eigenvalue weighted by Gasteiger charge is -2.30. The van der Waals surface area contributed by atoms with Crippen molar-refractivity contribution in [3.05, 3.63) is 39.9 Å². The van der Waals surface area contributed by atoms with Gasteiger partial charge in [-0.15, -0.1) is 0 Å². The van der Waals surface area contributed by atoms with E-state index in [-0.39, 0.29) is 22.9 Å². The second-order valence-electron chi connectivity index (χ2n) is 8.20. The number of amides is 1. The Hall–Kier alpha value is -2.45. The number of benzene rings is 1. The number of halogens is 1. The van der Waals surface area contributed by atoms with E-state index >= 15 is 0 Å². The second-order valence-corrected chi connectivity index (χ2v) is 8.20. The molecule has 1 amide bonds. The molecule has 8 heteroatoms. The normalized spacial score (nSPS) is 25.9. The van der Waals surface area contributed by atoms with Gasteiger partial charge in [-0.05, 0) is 30.9 Å². The summed E-state index contributed by atoms with van der Waals surface area (Å²) in [5.41, 5.74) is 0.857. The standard InChI is InChI=1S/C21H26FN5O2/c1-2-26-11-15(21(29)25-19-13-9-24-10-14(13)19)20(28)12-7-16(22)18(8-17(12)26)27-5-3-23-4-6-27/h7-8,11,13-14,19,23-24H,2-6,9-10H2,1H3,(H,25,29)/t13-,14+,19?. The summed E-state index contributed by atoms with van der Waals surface area (Å²) in [5.74, 6) is 0.156. The predicted molar refractivity (Wildman–Crippen MR) is 110 cm³/mol. The minimum atomic E-state index is -0.417. The number of rotatable bonds is 4. The summed E-state index contributed by atoms with van der Waals surface area (Å²) in [6, 6.07) is 3.19. The number of nitrogens with zero attached hydrogens (tertiary/aromatic N) is 2. The molecule has 7 nitrogen and oxygen atoms in total. The molecule has 1 aliphatic carbocycles. The van der Waals surface area contributed by atoms with Gasteiger partial charge in [-0.1, -0.05) is 0 Å². The Balaban J connectivity index is 1.52. The molecule has 3 N–H and O–H groups in total. The molecule has 0 bridgehead atoms. The zero-order chi connectivity index (χ0) is 20.1. The van der Waals surface area contributed by atoms with Gasteiger partial charge >= 0.3 is 0 Å². The van der Waals surface area contributed by atoms with Crippen LogP contribution in [0.5, 0.6) is 0 Å². The Morgan fingerprint density at radius 2 is 1.93 bits per heavy atom. The van der Waals surface area contributed by atoms with E-state index in [4.69, 9.17) is 0 Å². The van der Waals surface area contributed by atoms with Gasteiger partial charge in [0.25, 0.3) is 5.91 Å². The van der Waals surface area contributed by atoms with Crippen LogP contribution in [0.2, 0.25) is 0 Å². The molecule has 5 rings (SSSR count). The third kappa shape index (κ3) is 3.11. The maximum Gasteiger partial charge on any atom is 0.257 e. The molecule has 1 aromatic carbocycles. The molecule has 3 atom stereocenters. The van der Waals surface area contributed by atoms with Crippen molar-refractivity contribution in [3.63, 3.8) is 0 Å². The first-order valence-electron chi connectivity index (χ1n) is 10.4. The summed E-state index contributed by atoms with van der Waals surface area (Å²) in [6.45, 7) is 7.40. The number of pyridine rings is 1. The van der Waals surface area contributed by atoms with Crippen molar-refractivity contribution in [3.8, 4) is 0 Å². The molecule has 1 aromatic heterocycles. The molecule has 2 saturated heterocycles. The summed E-state index contributed by atoms with van der Waals surface area (Å²) >= 11 is 0. The van der Waals surface area contributed by atoms with E-state index in [1.165, 1.54) is 6.07 Å². The van der Waals surface area contributed by atoms with Gasteiger partial charge in [0.05, 0.1) is 11.2 Å². The van der Waals surface area contributed by atoms with Crippen LogP contribution in [-0.4, -0.2) is 55.8 Å². The summed E-state index contributed by atoms with van der Waals surface area (Å²) in [7, 11) is 0. The lowest BCUT2D eigenvalue weighted by molar-refractivity contribution is 0.0945. The highest BCUT2D eigenvalue weighted by atomic mass is 19.1. The number of hydrogen-bond acceptors (Lipinski definition) is 5. The molecule has 3 fully saturated rings. The number of aryl methyl sites for hydroxylation is 1. The second kappa shape index (κ2) is 7.11. The highest BCUT2D eigenvalue weighted by Crippen LogP contribution is 2.41. The molecule has 3 heterocycles. The van der Waals surface area contributed by atoms with Crippen molar-refractivity contribution < 1.29 is 9.18 Å². The first-order valence-corrected chi connectivity index (χ1v) is 10.4. The van der Waals surface area contributed by atoms with E-state index < -0.39 is 11.2 Å². The Morgan fingerprint density at radius 1 is 1.21 bits per heavy atom. The summed E-state index contributed by atoms with van der Waals surface area (Å²) in [5, 5.41) is 9.81. The van der Waals surface area contributed by atoms with Crippen molar-refractivity contribution in [2.75, 3.05) is 44.2 Å². The van der Waals surface area contributed by atoms with Crippen LogP contribution >= 0.6 is 0 Å². The number of nitrogens with one attached hydrogen (secondary N) is 3. The minimum Gasteiger partial charge on any atom is -0.367 e. The fourth-order valence-electron chi connectivity index (χ4n) is 4.83. The minimum absolute atomic E-state index is 0.0894. The van der Waals surface area contributed by atoms with Crippen LogP contribution in [0.25, 0.3) is 10.9 Å². The molecule has 1 saturated carbocycles. The van der Waals surface area contributed by atoms with Gasteiger partial charge in [-0.2, -0.15) is 0 Å². The molecule has 154 valence electrons. The number of aromatic nitrogens is 1. The zero-order valence-electron chi connectivity index (χ0n) is 16.5. The van der Waals surface area contributed by atoms with Crippen LogP contribution < -0.4 is 26.3 Å². The number of piperidine rings is 1. The van der Waals surface area contributed by atoms with Gasteiger partial charge in [0.1, 0.15) is 11.4 Å². The summed E-state index contributed by atoms with van der Waals surface area (Å²) in [4.78, 5) is 27.9. The topological polar surface area (TPSA) is 78.4 Å². The molecular weight excluding hydrogens is 373 g/mol. The smallest absolute Gasteiger partial charge is 0.257 e. The van der Waals surface area contributed by atoms with E-state index in [9.17, 15) is 14.0 Å². The van der Waals surface area contributed by atoms with Gasteiger partial charge < -0.3 is 25.4 Å². The zero-order valence-corrected chi connectivity index (χ0v) is 16.5. The van der Waals surface area contributed by atoms with E-state index in [2.05, 4.69) is 16.0 Å². The maximum absolute atomic E-state index is 14.9. The first-order chi connectivity index (χ1) is 14.1. The van der Waals surface area contributed by atoms with E-state index in [1.807, 2.05) is 16.4 Å². The lowest BCUT2D eigenvalue weighted by atomic mass is 10.1. The highest BCUT2D eigenvalue weighted by Gasteiger charge is 2.53. The van der Waals surface area contributed by atoms with Crippen LogP contribution in [0, 0.1) is 17.7 Å². The molecule has 2 aromatic rings. The molecule has 3 aliphatic rings. The van der Waals surface area contributed by atoms with Crippen LogP contribution in [0.4, 0.5) is 10.1 Å². The van der Waals surface area contributed by atoms with Gasteiger partial charge in [-0.3, -0.25) is 9.59 Å². The Morgan fingerprint density at radius 3 is 2.62 bits per heavy atom. The maximum atomic E-state index is 14.9. The number of carbonyl (C=O) groups excluding carboxylic acids is 1. The summed E-state index contributed by atoms with van der Waals surface area (Å²) in [6.07, 6.45) is 1.62. The van der Waals surface area contributed by atoms with Gasteiger partial charge in [0, 0.05) is 63.4 Å². The van der Waals surface area contributed by atoms with Crippen LogP contribution in [0.1, 0.15) is 17.3 Å². The van der Waals surface area contributed by atoms with Crippen LogP contribution in [-0.2, 0) is 6.54 Å². The van der Waals surface area contributed by atoms with Crippen molar-refractivity contribution in [1.29, 1.82) is 0 Å². The van der Waals surface area contributed by atoms with Crippen LogP contribution in [0.15, 0.2) is 23.1 Å². The Labute approximate surface area is 168 Å². The average Bonchev–Trinajstić information content (AvgIpc) is 3.14. The van der Waals surface area contributed by atoms with E-state index in [1.54, 1.807) is 12.3 Å². The molecule has 2 aliphatic heterocycles. The quantitative estimate of drug-likeness (QED) is 0.699. The average molecular weight is 399 g/mol. The van der Waals surface area contributed by atoms with Crippen LogP contribution in [0.3, 0.4) is 0 Å². The van der Waals surface area contributed by atoms with E-state index in [0.29, 0.717) is 29.6 Å². The van der Waals surface area contributed by atoms with Gasteiger partial charge in [0.15, 0.2) is 0 Å². The van der Waals surface area contributed by atoms with Crippen molar-refractivity contribution in [2.24, 2.45) is 11.8 Å². The van der Waals surface area contributed by atoms with Gasteiger partial charge in [-0.25, -0.2) is 4.39 Å². The number of fused-ring (bicyclic) bond motifs is 2. The SMILES string of the molecule is CCn1cc(C(=O)NC2[C@H]3CNC[C@@H]23)c(=O)c2cc(F)c(N3CCNCC3)cc21. The third-order valence-electron chi connectivity index (χ3n) is 6.58. The fourth-order valence-corrected chi connectivity index (χ4v) is 4.83. The Kier molecular flexibility index (Phi) is 4.55. The van der Waals surface area contributed by atoms with Crippen molar-refractivity contribution >= 4 is 22.5 Å². The monoisotopic (exact) mass is 399 g/mol. The van der Waals surface area contributed by atoms with Crippen molar-refractivity contribution in [2.45, 2.75) is 19.5 Å². The molecular formula is C21H26FN5O2. The summed E-state index contributed by atoms with van der Waals surface area (Å²) < 4.78 is 16.8. The molecule has 0 spiro atoms. The molecule has 1 unspecified atom stereocenters. The number of hydrogen-bond donors (Lipinski definition) is 3. The molecule has 29 heavy (non-hydrogen) atoms. The predicted octanol–water partition coefficient (Wildman–Crippen LogP) is 0.518. The Bertz CT molecular complexity index is 1020.